The van der Waals surface area contributed by atoms with Crippen molar-refractivity contribution >= 4 is 18.1 Å². The second-order valence-corrected chi connectivity index (χ2v) is 6.88. The van der Waals surface area contributed by atoms with Gasteiger partial charge in [-0.15, -0.1) is 0 Å². The van der Waals surface area contributed by atoms with Crippen molar-refractivity contribution < 1.29 is 4.79 Å². The largest absolute Gasteiger partial charge is 0.348 e. The molecule has 6 heteroatoms. The van der Waals surface area contributed by atoms with Crippen LogP contribution in [-0.2, 0) is 11.3 Å². The van der Waals surface area contributed by atoms with Gasteiger partial charge in [-0.1, -0.05) is 30.3 Å². The number of rotatable bonds is 6. The van der Waals surface area contributed by atoms with Gasteiger partial charge < -0.3 is 5.32 Å². The minimum absolute atomic E-state index is 0.0486. The quantitative estimate of drug-likeness (QED) is 0.801. The molecule has 1 atom stereocenters. The Balaban J connectivity index is 1.48. The van der Waals surface area contributed by atoms with Gasteiger partial charge in [-0.25, -0.2) is 0 Å². The molecular formula is C17H20N4OS. The van der Waals surface area contributed by atoms with E-state index in [9.17, 15) is 4.79 Å². The Labute approximate surface area is 140 Å². The number of hydrogen-bond acceptors (Lipinski definition) is 3. The van der Waals surface area contributed by atoms with Crippen LogP contribution in [0.4, 0.5) is 0 Å². The fourth-order valence-electron chi connectivity index (χ4n) is 3.17. The number of H-pyrrole nitrogens is 1. The molecule has 1 aromatic carbocycles. The van der Waals surface area contributed by atoms with Crippen molar-refractivity contribution in [1.82, 2.24) is 20.1 Å². The number of carbonyl (C=O) groups excluding carboxylic acids is 1. The van der Waals surface area contributed by atoms with Gasteiger partial charge in [-0.3, -0.25) is 14.5 Å². The van der Waals surface area contributed by atoms with Gasteiger partial charge in [-0.05, 0) is 49.4 Å². The van der Waals surface area contributed by atoms with Crippen LogP contribution in [0.25, 0.3) is 0 Å². The van der Waals surface area contributed by atoms with Crippen LogP contribution in [-0.4, -0.2) is 20.7 Å². The van der Waals surface area contributed by atoms with E-state index in [1.54, 1.807) is 0 Å². The molecule has 2 aromatic rings. The summed E-state index contributed by atoms with van der Waals surface area (Å²) in [6.07, 6.45) is 4.55. The maximum atomic E-state index is 12.7. The topological polar surface area (TPSA) is 62.7 Å². The zero-order chi connectivity index (χ0) is 15.8. The number of aromatic nitrogens is 3. The van der Waals surface area contributed by atoms with Crippen molar-refractivity contribution in [2.45, 2.75) is 44.2 Å². The summed E-state index contributed by atoms with van der Waals surface area (Å²) in [5.74, 6) is 1.34. The molecule has 2 aliphatic carbocycles. The number of nitrogens with zero attached hydrogens (tertiary/aromatic N) is 2. The molecule has 2 N–H and O–H groups in total. The van der Waals surface area contributed by atoms with Crippen molar-refractivity contribution in [2.75, 3.05) is 0 Å². The van der Waals surface area contributed by atoms with Gasteiger partial charge in [0.25, 0.3) is 0 Å². The van der Waals surface area contributed by atoms with Gasteiger partial charge in [-0.2, -0.15) is 5.10 Å². The molecule has 0 aliphatic heterocycles. The number of nitrogens with one attached hydrogen (secondary N) is 2. The zero-order valence-corrected chi connectivity index (χ0v) is 13.7. The number of hydrogen-bond donors (Lipinski definition) is 2. The first-order chi connectivity index (χ1) is 11.2. The molecule has 2 saturated carbocycles. The third kappa shape index (κ3) is 3.08. The van der Waals surface area contributed by atoms with Crippen molar-refractivity contribution in [3.8, 4) is 0 Å². The third-order valence-electron chi connectivity index (χ3n) is 4.64. The van der Waals surface area contributed by atoms with Crippen molar-refractivity contribution in [1.29, 1.82) is 0 Å². The van der Waals surface area contributed by atoms with E-state index < -0.39 is 0 Å². The first-order valence-corrected chi connectivity index (χ1v) is 8.63. The molecular weight excluding hydrogens is 308 g/mol. The van der Waals surface area contributed by atoms with Gasteiger partial charge in [0.15, 0.2) is 10.6 Å². The highest BCUT2D eigenvalue weighted by atomic mass is 32.1. The summed E-state index contributed by atoms with van der Waals surface area (Å²) < 4.78 is 2.70. The lowest BCUT2D eigenvalue weighted by Gasteiger charge is -2.16. The normalized spacial score (nSPS) is 18.6. The molecule has 23 heavy (non-hydrogen) atoms. The molecule has 1 unspecified atom stereocenters. The standard InChI is InChI=1S/C17H20N4OS/c22-16(15(12-6-7-12)11-4-2-1-3-5-11)18-10-14-19-20-17(23)21(14)13-8-9-13/h1-5,12-13,15H,6-10H2,(H,18,22)(H,20,23). The van der Waals surface area contributed by atoms with Crippen molar-refractivity contribution in [3.05, 3.63) is 46.5 Å². The predicted octanol–water partition coefficient (Wildman–Crippen LogP) is 3.09. The SMILES string of the molecule is O=C(NCc1n[nH]c(=S)n1C1CC1)C(c1ccccc1)C1CC1. The first kappa shape index (κ1) is 14.6. The Hall–Kier alpha value is -1.95. The lowest BCUT2D eigenvalue weighted by Crippen LogP contribution is -2.31. The zero-order valence-electron chi connectivity index (χ0n) is 12.9. The Morgan fingerprint density at radius 2 is 2.04 bits per heavy atom. The molecule has 1 amide bonds. The van der Waals surface area contributed by atoms with E-state index in [0.717, 1.165) is 37.1 Å². The number of amides is 1. The fraction of sp³-hybridized carbons (Fsp3) is 0.471. The summed E-state index contributed by atoms with van der Waals surface area (Å²) in [6.45, 7) is 0.429. The van der Waals surface area contributed by atoms with Crippen LogP contribution >= 0.6 is 12.2 Å². The Morgan fingerprint density at radius 1 is 1.30 bits per heavy atom. The maximum absolute atomic E-state index is 12.7. The van der Waals surface area contributed by atoms with E-state index in [1.807, 2.05) is 34.9 Å². The molecule has 1 heterocycles. The number of carbonyl (C=O) groups is 1. The van der Waals surface area contributed by atoms with Gasteiger partial charge in [0.1, 0.15) is 0 Å². The van der Waals surface area contributed by atoms with Gasteiger partial charge >= 0.3 is 0 Å². The average molecular weight is 328 g/mol. The minimum atomic E-state index is -0.0486. The Morgan fingerprint density at radius 3 is 2.70 bits per heavy atom. The van der Waals surface area contributed by atoms with Gasteiger partial charge in [0, 0.05) is 6.04 Å². The second kappa shape index (κ2) is 5.92. The highest BCUT2D eigenvalue weighted by molar-refractivity contribution is 7.71. The molecule has 0 saturated heterocycles. The smallest absolute Gasteiger partial charge is 0.228 e. The van der Waals surface area contributed by atoms with E-state index in [2.05, 4.69) is 15.5 Å². The highest BCUT2D eigenvalue weighted by Crippen LogP contribution is 2.42. The summed E-state index contributed by atoms with van der Waals surface area (Å²) in [5, 5.41) is 10.2. The van der Waals surface area contributed by atoms with E-state index in [-0.39, 0.29) is 11.8 Å². The van der Waals surface area contributed by atoms with Crippen LogP contribution in [0.2, 0.25) is 0 Å². The van der Waals surface area contributed by atoms with E-state index in [0.29, 0.717) is 23.3 Å². The molecule has 2 aliphatic rings. The molecule has 0 radical (unpaired) electrons. The van der Waals surface area contributed by atoms with Crippen LogP contribution in [0.5, 0.6) is 0 Å². The first-order valence-electron chi connectivity index (χ1n) is 8.22. The summed E-state index contributed by atoms with van der Waals surface area (Å²) in [7, 11) is 0. The van der Waals surface area contributed by atoms with Crippen LogP contribution in [0, 0.1) is 10.7 Å². The fourth-order valence-corrected chi connectivity index (χ4v) is 3.48. The van der Waals surface area contributed by atoms with E-state index in [4.69, 9.17) is 12.2 Å². The van der Waals surface area contributed by atoms with Crippen LogP contribution in [0.15, 0.2) is 30.3 Å². The van der Waals surface area contributed by atoms with Crippen LogP contribution in [0.1, 0.15) is 49.0 Å². The number of benzene rings is 1. The molecule has 0 bridgehead atoms. The molecule has 120 valence electrons. The van der Waals surface area contributed by atoms with Crippen molar-refractivity contribution in [2.24, 2.45) is 5.92 Å². The summed E-state index contributed by atoms with van der Waals surface area (Å²) in [5.41, 5.74) is 1.11. The summed E-state index contributed by atoms with van der Waals surface area (Å²) >= 11 is 5.28. The average Bonchev–Trinajstić information content (AvgIpc) is 3.47. The van der Waals surface area contributed by atoms with Gasteiger partial charge in [0.2, 0.25) is 5.91 Å². The monoisotopic (exact) mass is 328 g/mol. The van der Waals surface area contributed by atoms with E-state index in [1.165, 1.54) is 0 Å². The second-order valence-electron chi connectivity index (χ2n) is 6.49. The molecule has 2 fully saturated rings. The molecule has 0 spiro atoms. The van der Waals surface area contributed by atoms with Crippen molar-refractivity contribution in [3.63, 3.8) is 0 Å². The lowest BCUT2D eigenvalue weighted by atomic mass is 9.93. The third-order valence-corrected chi connectivity index (χ3v) is 4.93. The lowest BCUT2D eigenvalue weighted by molar-refractivity contribution is -0.123. The molecule has 1 aromatic heterocycles. The predicted molar refractivity (Wildman–Crippen MR) is 89.4 cm³/mol. The van der Waals surface area contributed by atoms with Crippen LogP contribution in [0.3, 0.4) is 0 Å². The summed E-state index contributed by atoms with van der Waals surface area (Å²) in [4.78, 5) is 12.7. The molecule has 4 rings (SSSR count). The number of aromatic amines is 1. The minimum Gasteiger partial charge on any atom is -0.348 e. The Bertz CT molecular complexity index is 758. The van der Waals surface area contributed by atoms with Gasteiger partial charge in [0.05, 0.1) is 12.5 Å². The van der Waals surface area contributed by atoms with Crippen LogP contribution < -0.4 is 5.32 Å². The Kier molecular flexibility index (Phi) is 3.77. The van der Waals surface area contributed by atoms with E-state index >= 15 is 0 Å². The molecule has 5 nitrogen and oxygen atoms in total. The summed E-state index contributed by atoms with van der Waals surface area (Å²) in [6, 6.07) is 10.5. The highest BCUT2D eigenvalue weighted by Gasteiger charge is 2.37. The maximum Gasteiger partial charge on any atom is 0.228 e.